The van der Waals surface area contributed by atoms with Gasteiger partial charge in [-0.05, 0) is 18.4 Å². The molecule has 2 rings (SSSR count). The van der Waals surface area contributed by atoms with Crippen LogP contribution in [0.1, 0.15) is 30.1 Å². The van der Waals surface area contributed by atoms with Crippen LogP contribution in [0.3, 0.4) is 0 Å². The van der Waals surface area contributed by atoms with Gasteiger partial charge in [0.1, 0.15) is 0 Å². The Morgan fingerprint density at radius 1 is 1.65 bits per heavy atom. The molecule has 1 heterocycles. The Kier molecular flexibility index (Phi) is 3.26. The quantitative estimate of drug-likeness (QED) is 0.839. The van der Waals surface area contributed by atoms with Crippen LogP contribution in [-0.2, 0) is 0 Å². The van der Waals surface area contributed by atoms with Crippen molar-refractivity contribution in [2.45, 2.75) is 25.8 Å². The summed E-state index contributed by atoms with van der Waals surface area (Å²) in [6.45, 7) is 2.09. The molecule has 92 valence electrons. The Hall–Kier alpha value is -1.65. The van der Waals surface area contributed by atoms with E-state index in [2.05, 4.69) is 22.5 Å². The summed E-state index contributed by atoms with van der Waals surface area (Å²) >= 11 is 0. The zero-order valence-corrected chi connectivity index (χ0v) is 9.96. The molecule has 1 fully saturated rings. The number of carbonyl (C=O) groups is 1. The van der Waals surface area contributed by atoms with Crippen molar-refractivity contribution in [2.24, 2.45) is 5.92 Å². The average molecular weight is 237 g/mol. The van der Waals surface area contributed by atoms with Crippen molar-refractivity contribution in [1.29, 1.82) is 0 Å². The van der Waals surface area contributed by atoms with Crippen LogP contribution in [-0.4, -0.2) is 24.0 Å². The Balaban J connectivity index is 2.09. The van der Waals surface area contributed by atoms with Gasteiger partial charge >= 0.3 is 0 Å². The van der Waals surface area contributed by atoms with Gasteiger partial charge in [0.15, 0.2) is 11.6 Å². The summed E-state index contributed by atoms with van der Waals surface area (Å²) in [7, 11) is 1.57. The van der Waals surface area contributed by atoms with Gasteiger partial charge < -0.3 is 10.6 Å². The molecule has 0 radical (unpaired) electrons. The maximum absolute atomic E-state index is 13.8. The van der Waals surface area contributed by atoms with E-state index in [0.29, 0.717) is 5.92 Å². The van der Waals surface area contributed by atoms with Gasteiger partial charge in [-0.2, -0.15) is 0 Å². The standard InChI is InChI=1S/C12H16FN3O/c1-3-7-6-9(7)16-12(17)8-4-5-15-11(14-2)10(8)13/h4-5,7,9H,3,6H2,1-2H3,(H,14,15)(H,16,17). The zero-order chi connectivity index (χ0) is 12.4. The van der Waals surface area contributed by atoms with Crippen molar-refractivity contribution < 1.29 is 9.18 Å². The second kappa shape index (κ2) is 4.69. The molecule has 5 heteroatoms. The molecule has 2 N–H and O–H groups in total. The Morgan fingerprint density at radius 2 is 2.41 bits per heavy atom. The molecule has 1 aromatic heterocycles. The van der Waals surface area contributed by atoms with E-state index in [4.69, 9.17) is 0 Å². The van der Waals surface area contributed by atoms with Crippen LogP contribution in [0.4, 0.5) is 10.2 Å². The van der Waals surface area contributed by atoms with Crippen LogP contribution in [0.15, 0.2) is 12.3 Å². The van der Waals surface area contributed by atoms with E-state index in [9.17, 15) is 9.18 Å². The molecular formula is C12H16FN3O. The van der Waals surface area contributed by atoms with Crippen molar-refractivity contribution in [1.82, 2.24) is 10.3 Å². The number of hydrogen-bond acceptors (Lipinski definition) is 3. The average Bonchev–Trinajstić information content (AvgIpc) is 3.07. The van der Waals surface area contributed by atoms with Gasteiger partial charge in [-0.3, -0.25) is 4.79 Å². The summed E-state index contributed by atoms with van der Waals surface area (Å²) in [6.07, 6.45) is 3.47. The van der Waals surface area contributed by atoms with E-state index in [0.717, 1.165) is 12.8 Å². The van der Waals surface area contributed by atoms with Crippen LogP contribution in [0.5, 0.6) is 0 Å². The summed E-state index contributed by atoms with van der Waals surface area (Å²) in [5, 5.41) is 5.44. The Bertz CT molecular complexity index is 436. The fraction of sp³-hybridized carbons (Fsp3) is 0.500. The minimum atomic E-state index is -0.596. The molecule has 0 saturated heterocycles. The van der Waals surface area contributed by atoms with E-state index in [1.165, 1.54) is 12.3 Å². The summed E-state index contributed by atoms with van der Waals surface area (Å²) < 4.78 is 13.8. The molecule has 1 aliphatic carbocycles. The van der Waals surface area contributed by atoms with Crippen LogP contribution >= 0.6 is 0 Å². The second-order valence-electron chi connectivity index (χ2n) is 4.26. The number of hydrogen-bond donors (Lipinski definition) is 2. The van der Waals surface area contributed by atoms with Crippen molar-refractivity contribution in [3.8, 4) is 0 Å². The van der Waals surface area contributed by atoms with Crippen molar-refractivity contribution in [2.75, 3.05) is 12.4 Å². The first-order valence-electron chi connectivity index (χ1n) is 5.80. The highest BCUT2D eigenvalue weighted by atomic mass is 19.1. The number of amides is 1. The van der Waals surface area contributed by atoms with Crippen molar-refractivity contribution in [3.63, 3.8) is 0 Å². The van der Waals surface area contributed by atoms with Crippen LogP contribution in [0.25, 0.3) is 0 Å². The van der Waals surface area contributed by atoms with Gasteiger partial charge in [0.2, 0.25) is 0 Å². The third-order valence-corrected chi connectivity index (χ3v) is 3.13. The van der Waals surface area contributed by atoms with E-state index < -0.39 is 5.82 Å². The molecule has 17 heavy (non-hydrogen) atoms. The van der Waals surface area contributed by atoms with Gasteiger partial charge in [0.25, 0.3) is 5.91 Å². The summed E-state index contributed by atoms with van der Waals surface area (Å²) in [4.78, 5) is 15.6. The molecule has 4 nitrogen and oxygen atoms in total. The number of halogens is 1. The van der Waals surface area contributed by atoms with E-state index in [-0.39, 0.29) is 23.3 Å². The predicted molar refractivity (Wildman–Crippen MR) is 63.4 cm³/mol. The number of pyridine rings is 1. The molecule has 0 aromatic carbocycles. The SMILES string of the molecule is CCC1CC1NC(=O)c1ccnc(NC)c1F. The highest BCUT2D eigenvalue weighted by molar-refractivity contribution is 5.95. The van der Waals surface area contributed by atoms with Crippen LogP contribution in [0, 0.1) is 11.7 Å². The molecular weight excluding hydrogens is 221 g/mol. The third kappa shape index (κ3) is 2.38. The number of nitrogens with one attached hydrogen (secondary N) is 2. The lowest BCUT2D eigenvalue weighted by Crippen LogP contribution is -2.28. The first-order chi connectivity index (χ1) is 8.17. The molecule has 1 saturated carbocycles. The minimum Gasteiger partial charge on any atom is -0.371 e. The summed E-state index contributed by atoms with van der Waals surface area (Å²) in [6, 6.07) is 1.60. The topological polar surface area (TPSA) is 54.0 Å². The third-order valence-electron chi connectivity index (χ3n) is 3.13. The number of carbonyl (C=O) groups excluding carboxylic acids is 1. The molecule has 1 aromatic rings. The first-order valence-corrected chi connectivity index (χ1v) is 5.80. The number of aromatic nitrogens is 1. The Labute approximate surface area is 99.6 Å². The molecule has 1 aliphatic rings. The fourth-order valence-corrected chi connectivity index (χ4v) is 1.92. The highest BCUT2D eigenvalue weighted by Gasteiger charge is 2.37. The van der Waals surface area contributed by atoms with Crippen LogP contribution < -0.4 is 10.6 Å². The van der Waals surface area contributed by atoms with E-state index >= 15 is 0 Å². The molecule has 0 spiro atoms. The largest absolute Gasteiger partial charge is 0.371 e. The minimum absolute atomic E-state index is 0.0473. The number of anilines is 1. The normalized spacial score (nSPS) is 22.1. The van der Waals surface area contributed by atoms with E-state index in [1.54, 1.807) is 7.05 Å². The molecule has 2 unspecified atom stereocenters. The number of rotatable bonds is 4. The monoisotopic (exact) mass is 237 g/mol. The van der Waals surface area contributed by atoms with Gasteiger partial charge in [-0.25, -0.2) is 9.37 Å². The second-order valence-corrected chi connectivity index (χ2v) is 4.26. The predicted octanol–water partition coefficient (Wildman–Crippen LogP) is 1.79. The van der Waals surface area contributed by atoms with Gasteiger partial charge in [-0.15, -0.1) is 0 Å². The Morgan fingerprint density at radius 3 is 3.00 bits per heavy atom. The fourth-order valence-electron chi connectivity index (χ4n) is 1.92. The summed E-state index contributed by atoms with van der Waals surface area (Å²) in [5.74, 6) is -0.309. The smallest absolute Gasteiger partial charge is 0.254 e. The van der Waals surface area contributed by atoms with Crippen molar-refractivity contribution >= 4 is 11.7 Å². The highest BCUT2D eigenvalue weighted by Crippen LogP contribution is 2.33. The molecule has 1 amide bonds. The van der Waals surface area contributed by atoms with Gasteiger partial charge in [0.05, 0.1) is 5.56 Å². The van der Waals surface area contributed by atoms with E-state index in [1.807, 2.05) is 0 Å². The van der Waals surface area contributed by atoms with Crippen LogP contribution in [0.2, 0.25) is 0 Å². The maximum atomic E-state index is 13.8. The molecule has 0 aliphatic heterocycles. The number of nitrogens with zero attached hydrogens (tertiary/aromatic N) is 1. The zero-order valence-electron chi connectivity index (χ0n) is 9.96. The van der Waals surface area contributed by atoms with Crippen molar-refractivity contribution in [3.05, 3.63) is 23.6 Å². The molecule has 0 bridgehead atoms. The molecule has 2 atom stereocenters. The van der Waals surface area contributed by atoms with Gasteiger partial charge in [0, 0.05) is 19.3 Å². The van der Waals surface area contributed by atoms with Gasteiger partial charge in [-0.1, -0.05) is 13.3 Å². The lowest BCUT2D eigenvalue weighted by atomic mass is 10.2. The first kappa shape index (κ1) is 11.8. The summed E-state index contributed by atoms with van der Waals surface area (Å²) in [5.41, 5.74) is 0.0473. The lowest BCUT2D eigenvalue weighted by Gasteiger charge is -2.07. The maximum Gasteiger partial charge on any atom is 0.254 e. The lowest BCUT2D eigenvalue weighted by molar-refractivity contribution is 0.0945.